The molecule has 5 rings (SSSR count). The number of rotatable bonds is 4. The molecule has 2 aliphatic heterocycles. The van der Waals surface area contributed by atoms with Gasteiger partial charge in [0.25, 0.3) is 0 Å². The molecule has 2 aromatic heterocycles. The third kappa shape index (κ3) is 3.87. The third-order valence-electron chi connectivity index (χ3n) is 7.09. The highest BCUT2D eigenvalue weighted by Crippen LogP contribution is 2.40. The van der Waals surface area contributed by atoms with Gasteiger partial charge in [0.1, 0.15) is 5.82 Å². The van der Waals surface area contributed by atoms with E-state index in [9.17, 15) is 13.2 Å². The Labute approximate surface area is 199 Å². The van der Waals surface area contributed by atoms with Crippen LogP contribution in [0.15, 0.2) is 24.5 Å². The molecule has 0 N–H and O–H groups in total. The van der Waals surface area contributed by atoms with Gasteiger partial charge in [0.15, 0.2) is 9.84 Å². The maximum atomic E-state index is 12.5. The molecule has 1 aromatic carbocycles. The van der Waals surface area contributed by atoms with Crippen LogP contribution >= 0.6 is 0 Å². The average molecular weight is 486 g/mol. The van der Waals surface area contributed by atoms with Gasteiger partial charge in [-0.05, 0) is 50.8 Å². The zero-order valence-corrected chi connectivity index (χ0v) is 20.9. The van der Waals surface area contributed by atoms with E-state index in [4.69, 9.17) is 9.72 Å². The normalized spacial score (nSPS) is 22.6. The fourth-order valence-corrected chi connectivity index (χ4v) is 7.13. The summed E-state index contributed by atoms with van der Waals surface area (Å²) in [5.41, 5.74) is 4.71. The van der Waals surface area contributed by atoms with Gasteiger partial charge in [-0.3, -0.25) is 9.58 Å². The fraction of sp³-hybridized carbons (Fsp3) is 0.542. The van der Waals surface area contributed by atoms with E-state index in [2.05, 4.69) is 16.6 Å². The van der Waals surface area contributed by atoms with E-state index in [1.165, 1.54) is 7.11 Å². The molecule has 0 aliphatic carbocycles. The average Bonchev–Trinajstić information content (AvgIpc) is 3.48. The van der Waals surface area contributed by atoms with E-state index in [1.54, 1.807) is 4.90 Å². The molecule has 9 nitrogen and oxygen atoms in total. The largest absolute Gasteiger partial charge is 0.452 e. The lowest BCUT2D eigenvalue weighted by Gasteiger charge is -2.34. The predicted octanol–water partition coefficient (Wildman–Crippen LogP) is 3.61. The summed E-state index contributed by atoms with van der Waals surface area (Å²) in [6.45, 7) is 6.77. The predicted molar refractivity (Wildman–Crippen MR) is 130 cm³/mol. The number of fused-ring (bicyclic) bond motifs is 3. The van der Waals surface area contributed by atoms with E-state index in [0.29, 0.717) is 13.0 Å². The van der Waals surface area contributed by atoms with Gasteiger partial charge in [0.2, 0.25) is 0 Å². The Morgan fingerprint density at radius 3 is 2.74 bits per heavy atom. The number of methoxy groups -OCH3 is 1. The summed E-state index contributed by atoms with van der Waals surface area (Å²) in [5, 5.41) is 4.43. The van der Waals surface area contributed by atoms with Crippen LogP contribution in [0.5, 0.6) is 0 Å². The topological polar surface area (TPSA) is 99.3 Å². The van der Waals surface area contributed by atoms with Gasteiger partial charge >= 0.3 is 6.09 Å². The summed E-state index contributed by atoms with van der Waals surface area (Å²) >= 11 is 0. The first-order valence-corrected chi connectivity index (χ1v) is 13.6. The highest BCUT2D eigenvalue weighted by Gasteiger charge is 2.35. The summed E-state index contributed by atoms with van der Waals surface area (Å²) in [7, 11) is -1.68. The maximum Gasteiger partial charge on any atom is 0.414 e. The second kappa shape index (κ2) is 8.41. The van der Waals surface area contributed by atoms with Crippen LogP contribution in [0.25, 0.3) is 11.0 Å². The molecule has 10 heteroatoms. The first kappa shape index (κ1) is 22.9. The molecule has 3 atom stereocenters. The smallest absolute Gasteiger partial charge is 0.414 e. The van der Waals surface area contributed by atoms with Gasteiger partial charge in [0, 0.05) is 23.7 Å². The number of amides is 1. The van der Waals surface area contributed by atoms with Gasteiger partial charge in [0.05, 0.1) is 54.1 Å². The van der Waals surface area contributed by atoms with Crippen molar-refractivity contribution in [3.63, 3.8) is 0 Å². The Hall–Kier alpha value is -2.88. The number of hydrogen-bond donors (Lipinski definition) is 0. The van der Waals surface area contributed by atoms with Crippen molar-refractivity contribution in [1.29, 1.82) is 0 Å². The van der Waals surface area contributed by atoms with Crippen molar-refractivity contribution in [3.05, 3.63) is 41.5 Å². The van der Waals surface area contributed by atoms with E-state index in [1.807, 2.05) is 43.1 Å². The molecule has 182 valence electrons. The van der Waals surface area contributed by atoms with Crippen molar-refractivity contribution < 1.29 is 17.9 Å². The zero-order chi connectivity index (χ0) is 24.2. The van der Waals surface area contributed by atoms with Crippen molar-refractivity contribution in [1.82, 2.24) is 19.3 Å². The lowest BCUT2D eigenvalue weighted by molar-refractivity contribution is 0.175. The molecule has 0 radical (unpaired) electrons. The minimum Gasteiger partial charge on any atom is -0.452 e. The van der Waals surface area contributed by atoms with Gasteiger partial charge in [-0.15, -0.1) is 0 Å². The summed E-state index contributed by atoms with van der Waals surface area (Å²) in [6, 6.07) is 3.82. The molecule has 0 unspecified atom stereocenters. The Balaban J connectivity index is 1.65. The van der Waals surface area contributed by atoms with E-state index >= 15 is 0 Å². The first-order chi connectivity index (χ1) is 16.2. The minimum atomic E-state index is -3.07. The second-order valence-corrected chi connectivity index (χ2v) is 11.9. The van der Waals surface area contributed by atoms with E-state index in [-0.39, 0.29) is 35.6 Å². The van der Waals surface area contributed by atoms with Crippen molar-refractivity contribution in [2.24, 2.45) is 0 Å². The third-order valence-corrected chi connectivity index (χ3v) is 8.84. The van der Waals surface area contributed by atoms with Crippen LogP contribution in [0.1, 0.15) is 55.6 Å². The zero-order valence-electron chi connectivity index (χ0n) is 20.1. The van der Waals surface area contributed by atoms with E-state index in [0.717, 1.165) is 46.5 Å². The van der Waals surface area contributed by atoms with Crippen LogP contribution < -0.4 is 4.90 Å². The number of carbonyl (C=O) groups is 1. The second-order valence-electron chi connectivity index (χ2n) is 9.70. The van der Waals surface area contributed by atoms with Crippen LogP contribution in [-0.2, 0) is 27.5 Å². The molecular formula is C24H31N5O4S. The number of anilines is 1. The number of aryl methyl sites for hydroxylation is 2. The SMILES string of the molecule is COC(=O)N1c2ccc3c(nc([C@H](C)Cn4cc(C)cn4)n3[C@H]3CCS(=O)(=O)C3)c2CC[C@@H]1C. The molecule has 2 aliphatic rings. The standard InChI is InChI=1S/C24H31N5O4S/c1-15-11-25-27(12-15)13-16(2)23-26-22-19-6-5-17(3)28(24(30)33-4)20(19)7-8-21(22)29(23)18-9-10-34(31,32)14-18/h7-8,11-12,16-18H,5-6,9-10,13-14H2,1-4H3/t16-,17+,18+/m1/s1. The molecule has 3 aromatic rings. The molecule has 1 fully saturated rings. The Morgan fingerprint density at radius 2 is 2.09 bits per heavy atom. The van der Waals surface area contributed by atoms with Crippen LogP contribution in [0.2, 0.25) is 0 Å². The minimum absolute atomic E-state index is 0.0184. The Kier molecular flexibility index (Phi) is 5.66. The van der Waals surface area contributed by atoms with Crippen molar-refractivity contribution in [2.75, 3.05) is 23.5 Å². The van der Waals surface area contributed by atoms with Gasteiger partial charge in [-0.2, -0.15) is 5.10 Å². The molecule has 4 heterocycles. The molecule has 0 saturated carbocycles. The van der Waals surface area contributed by atoms with Crippen LogP contribution in [0, 0.1) is 6.92 Å². The molecule has 1 saturated heterocycles. The Morgan fingerprint density at radius 1 is 1.29 bits per heavy atom. The number of imidazole rings is 1. The molecule has 0 bridgehead atoms. The number of carbonyl (C=O) groups excluding carboxylic acids is 1. The highest BCUT2D eigenvalue weighted by molar-refractivity contribution is 7.91. The van der Waals surface area contributed by atoms with Crippen LogP contribution in [-0.4, -0.2) is 58.5 Å². The molecule has 0 spiro atoms. The summed E-state index contributed by atoms with van der Waals surface area (Å²) in [5.74, 6) is 1.20. The summed E-state index contributed by atoms with van der Waals surface area (Å²) in [4.78, 5) is 19.4. The summed E-state index contributed by atoms with van der Waals surface area (Å²) in [6.07, 6.45) is 5.64. The lowest BCUT2D eigenvalue weighted by Crippen LogP contribution is -2.42. The first-order valence-electron chi connectivity index (χ1n) is 11.8. The van der Waals surface area contributed by atoms with Crippen molar-refractivity contribution in [2.45, 2.75) is 64.6 Å². The Bertz CT molecular complexity index is 1360. The van der Waals surface area contributed by atoms with Crippen LogP contribution in [0.4, 0.5) is 10.5 Å². The van der Waals surface area contributed by atoms with Crippen molar-refractivity contribution in [3.8, 4) is 0 Å². The quantitative estimate of drug-likeness (QED) is 0.560. The van der Waals surface area contributed by atoms with Crippen molar-refractivity contribution >= 4 is 32.7 Å². The van der Waals surface area contributed by atoms with Crippen LogP contribution in [0.3, 0.4) is 0 Å². The van der Waals surface area contributed by atoms with E-state index < -0.39 is 9.84 Å². The van der Waals surface area contributed by atoms with Gasteiger partial charge in [-0.25, -0.2) is 18.2 Å². The monoisotopic (exact) mass is 485 g/mol. The number of nitrogens with zero attached hydrogens (tertiary/aromatic N) is 5. The molecular weight excluding hydrogens is 454 g/mol. The number of aromatic nitrogens is 4. The highest BCUT2D eigenvalue weighted by atomic mass is 32.2. The molecule has 34 heavy (non-hydrogen) atoms. The summed E-state index contributed by atoms with van der Waals surface area (Å²) < 4.78 is 33.8. The van der Waals surface area contributed by atoms with Gasteiger partial charge in [-0.1, -0.05) is 6.92 Å². The van der Waals surface area contributed by atoms with Gasteiger partial charge < -0.3 is 9.30 Å². The lowest BCUT2D eigenvalue weighted by atomic mass is 9.95. The fourth-order valence-electron chi connectivity index (χ4n) is 5.43. The maximum absolute atomic E-state index is 12.5. The number of hydrogen-bond acceptors (Lipinski definition) is 6. The number of ether oxygens (including phenoxy) is 1. The molecule has 1 amide bonds. The number of benzene rings is 1. The number of sulfone groups is 1.